The van der Waals surface area contributed by atoms with Gasteiger partial charge in [0.15, 0.2) is 0 Å². The van der Waals surface area contributed by atoms with E-state index >= 15 is 0 Å². The Labute approximate surface area is 174 Å². The SMILES string of the molecule is CC(=O)NC(CC(=O)Nc1cc(C(C)(C)C)nn1C(C)(C)C)c1ccc(C)cc1. The third kappa shape index (κ3) is 6.17. The molecule has 0 saturated carbocycles. The zero-order chi connectivity index (χ0) is 22.0. The summed E-state index contributed by atoms with van der Waals surface area (Å²) in [4.78, 5) is 24.6. The van der Waals surface area contributed by atoms with Crippen LogP contribution in [0.15, 0.2) is 30.3 Å². The average molecular weight is 399 g/mol. The van der Waals surface area contributed by atoms with Crippen LogP contribution in [0.25, 0.3) is 0 Å². The predicted molar refractivity (Wildman–Crippen MR) is 117 cm³/mol. The fourth-order valence-corrected chi connectivity index (χ4v) is 3.02. The van der Waals surface area contributed by atoms with Crippen molar-refractivity contribution in [2.75, 3.05) is 5.32 Å². The molecule has 1 aromatic carbocycles. The molecule has 1 heterocycles. The van der Waals surface area contributed by atoms with Gasteiger partial charge in [0.05, 0.1) is 23.7 Å². The topological polar surface area (TPSA) is 76.0 Å². The molecule has 1 unspecified atom stereocenters. The van der Waals surface area contributed by atoms with Gasteiger partial charge in [0.1, 0.15) is 5.82 Å². The summed E-state index contributed by atoms with van der Waals surface area (Å²) in [6.07, 6.45) is 0.142. The van der Waals surface area contributed by atoms with Gasteiger partial charge in [-0.1, -0.05) is 50.6 Å². The zero-order valence-corrected chi connectivity index (χ0v) is 18.9. The Morgan fingerprint density at radius 2 is 1.66 bits per heavy atom. The average Bonchev–Trinajstić information content (AvgIpc) is 2.98. The third-order valence-electron chi connectivity index (χ3n) is 4.63. The van der Waals surface area contributed by atoms with E-state index < -0.39 is 0 Å². The molecule has 6 heteroatoms. The Kier molecular flexibility index (Phi) is 6.56. The van der Waals surface area contributed by atoms with Crippen molar-refractivity contribution in [2.45, 2.75) is 78.8 Å². The number of benzene rings is 1. The van der Waals surface area contributed by atoms with Gasteiger partial charge in [-0.25, -0.2) is 4.68 Å². The van der Waals surface area contributed by atoms with E-state index in [0.717, 1.165) is 16.8 Å². The van der Waals surface area contributed by atoms with Crippen LogP contribution in [0.1, 0.15) is 77.7 Å². The number of carbonyl (C=O) groups is 2. The largest absolute Gasteiger partial charge is 0.349 e. The van der Waals surface area contributed by atoms with Crippen molar-refractivity contribution in [3.8, 4) is 0 Å². The Balaban J connectivity index is 2.26. The number of carbonyl (C=O) groups excluding carboxylic acids is 2. The maximum Gasteiger partial charge on any atom is 0.227 e. The van der Waals surface area contributed by atoms with E-state index in [0.29, 0.717) is 5.82 Å². The number of rotatable bonds is 5. The van der Waals surface area contributed by atoms with Crippen LogP contribution < -0.4 is 10.6 Å². The fraction of sp³-hybridized carbons (Fsp3) is 0.522. The lowest BCUT2D eigenvalue weighted by Crippen LogP contribution is -2.31. The molecular weight excluding hydrogens is 364 g/mol. The molecule has 0 fully saturated rings. The first-order chi connectivity index (χ1) is 13.3. The minimum absolute atomic E-state index is 0.128. The lowest BCUT2D eigenvalue weighted by Gasteiger charge is -2.23. The van der Waals surface area contributed by atoms with Gasteiger partial charge in [-0.05, 0) is 33.3 Å². The zero-order valence-electron chi connectivity index (χ0n) is 18.9. The van der Waals surface area contributed by atoms with Crippen LogP contribution in [0.5, 0.6) is 0 Å². The number of anilines is 1. The summed E-state index contributed by atoms with van der Waals surface area (Å²) in [5.41, 5.74) is 2.54. The first-order valence-corrected chi connectivity index (χ1v) is 10.0. The van der Waals surface area contributed by atoms with Gasteiger partial charge >= 0.3 is 0 Å². The molecule has 0 saturated heterocycles. The van der Waals surface area contributed by atoms with Crippen molar-refractivity contribution < 1.29 is 9.59 Å². The van der Waals surface area contributed by atoms with Crippen LogP contribution in [0.2, 0.25) is 0 Å². The summed E-state index contributed by atoms with van der Waals surface area (Å²) in [7, 11) is 0. The van der Waals surface area contributed by atoms with E-state index in [9.17, 15) is 9.59 Å². The van der Waals surface area contributed by atoms with E-state index in [1.807, 2.05) is 41.9 Å². The molecule has 2 rings (SSSR count). The number of nitrogens with zero attached hydrogens (tertiary/aromatic N) is 2. The highest BCUT2D eigenvalue weighted by molar-refractivity contribution is 5.91. The van der Waals surface area contributed by atoms with Gasteiger partial charge in [0.25, 0.3) is 0 Å². The number of hydrogen-bond acceptors (Lipinski definition) is 3. The van der Waals surface area contributed by atoms with Gasteiger partial charge in [0.2, 0.25) is 11.8 Å². The molecule has 0 aliphatic heterocycles. The Morgan fingerprint density at radius 1 is 1.07 bits per heavy atom. The standard InChI is InChI=1S/C23H34N4O2/c1-15-9-11-17(12-10-15)18(24-16(2)28)13-21(29)25-20-14-19(22(3,4)5)26-27(20)23(6,7)8/h9-12,14,18H,13H2,1-8H3,(H,24,28)(H,25,29). The summed E-state index contributed by atoms with van der Waals surface area (Å²) < 4.78 is 1.85. The van der Waals surface area contributed by atoms with Crippen molar-refractivity contribution in [3.05, 3.63) is 47.2 Å². The van der Waals surface area contributed by atoms with E-state index in [1.165, 1.54) is 6.92 Å². The molecule has 6 nitrogen and oxygen atoms in total. The van der Waals surface area contributed by atoms with Gasteiger partial charge in [-0.3, -0.25) is 9.59 Å². The van der Waals surface area contributed by atoms with Gasteiger partial charge in [-0.15, -0.1) is 0 Å². The molecular formula is C23H34N4O2. The summed E-state index contributed by atoms with van der Waals surface area (Å²) >= 11 is 0. The van der Waals surface area contributed by atoms with Crippen LogP contribution in [0.4, 0.5) is 5.82 Å². The molecule has 1 atom stereocenters. The number of aryl methyl sites for hydroxylation is 1. The number of aromatic nitrogens is 2. The molecule has 0 aliphatic carbocycles. The molecule has 1 aromatic heterocycles. The molecule has 0 radical (unpaired) electrons. The van der Waals surface area contributed by atoms with E-state index in [-0.39, 0.29) is 35.2 Å². The molecule has 2 N–H and O–H groups in total. The van der Waals surface area contributed by atoms with Crippen LogP contribution in [0, 0.1) is 6.92 Å². The van der Waals surface area contributed by atoms with Crippen LogP contribution in [-0.4, -0.2) is 21.6 Å². The molecule has 29 heavy (non-hydrogen) atoms. The number of hydrogen-bond donors (Lipinski definition) is 2. The molecule has 0 bridgehead atoms. The molecule has 0 spiro atoms. The van der Waals surface area contributed by atoms with E-state index in [2.05, 4.69) is 52.2 Å². The highest BCUT2D eigenvalue weighted by atomic mass is 16.2. The summed E-state index contributed by atoms with van der Waals surface area (Å²) in [6, 6.07) is 9.39. The number of amides is 2. The number of nitrogens with one attached hydrogen (secondary N) is 2. The lowest BCUT2D eigenvalue weighted by molar-refractivity contribution is -0.120. The molecule has 2 amide bonds. The van der Waals surface area contributed by atoms with E-state index in [4.69, 9.17) is 5.10 Å². The first kappa shape index (κ1) is 22.7. The lowest BCUT2D eigenvalue weighted by atomic mass is 9.92. The fourth-order valence-electron chi connectivity index (χ4n) is 3.02. The highest BCUT2D eigenvalue weighted by Crippen LogP contribution is 2.28. The van der Waals surface area contributed by atoms with E-state index in [1.54, 1.807) is 0 Å². The maximum atomic E-state index is 12.9. The smallest absolute Gasteiger partial charge is 0.227 e. The summed E-state index contributed by atoms with van der Waals surface area (Å²) in [5.74, 6) is 0.325. The summed E-state index contributed by atoms with van der Waals surface area (Å²) in [5, 5.41) is 10.6. The second kappa shape index (κ2) is 8.39. The Bertz CT molecular complexity index is 868. The van der Waals surface area contributed by atoms with Crippen molar-refractivity contribution >= 4 is 17.6 Å². The molecule has 2 aromatic rings. The van der Waals surface area contributed by atoms with Gasteiger partial charge < -0.3 is 10.6 Å². The maximum absolute atomic E-state index is 12.9. The third-order valence-corrected chi connectivity index (χ3v) is 4.63. The van der Waals surface area contributed by atoms with Gasteiger partial charge in [0, 0.05) is 18.4 Å². The quantitative estimate of drug-likeness (QED) is 0.781. The predicted octanol–water partition coefficient (Wildman–Crippen LogP) is 4.45. The molecule has 158 valence electrons. The van der Waals surface area contributed by atoms with Crippen molar-refractivity contribution in [1.29, 1.82) is 0 Å². The van der Waals surface area contributed by atoms with Crippen molar-refractivity contribution in [3.63, 3.8) is 0 Å². The summed E-state index contributed by atoms with van der Waals surface area (Å²) in [6.45, 7) is 15.9. The highest BCUT2D eigenvalue weighted by Gasteiger charge is 2.26. The van der Waals surface area contributed by atoms with Gasteiger partial charge in [-0.2, -0.15) is 5.10 Å². The Morgan fingerprint density at radius 3 is 2.14 bits per heavy atom. The van der Waals surface area contributed by atoms with Crippen LogP contribution in [0.3, 0.4) is 0 Å². The second-order valence-electron chi connectivity index (χ2n) is 9.66. The normalized spacial score (nSPS) is 13.1. The minimum Gasteiger partial charge on any atom is -0.349 e. The first-order valence-electron chi connectivity index (χ1n) is 10.0. The Hall–Kier alpha value is -2.63. The van der Waals surface area contributed by atoms with Crippen molar-refractivity contribution in [1.82, 2.24) is 15.1 Å². The monoisotopic (exact) mass is 398 g/mol. The second-order valence-corrected chi connectivity index (χ2v) is 9.66. The van der Waals surface area contributed by atoms with Crippen molar-refractivity contribution in [2.24, 2.45) is 0 Å². The minimum atomic E-state index is -0.388. The van der Waals surface area contributed by atoms with Crippen LogP contribution >= 0.6 is 0 Å². The van der Waals surface area contributed by atoms with Crippen LogP contribution in [-0.2, 0) is 20.5 Å². The molecule has 0 aliphatic rings.